The molecule has 0 aliphatic rings. The van der Waals surface area contributed by atoms with Gasteiger partial charge < -0.3 is 11.5 Å². The van der Waals surface area contributed by atoms with Crippen molar-refractivity contribution in [3.8, 4) is 0 Å². The zero-order chi connectivity index (χ0) is 12.9. The van der Waals surface area contributed by atoms with Gasteiger partial charge in [-0.25, -0.2) is 4.98 Å². The zero-order valence-electron chi connectivity index (χ0n) is 10.6. The largest absolute Gasteiger partial charge is 0.384 e. The zero-order valence-corrected chi connectivity index (χ0v) is 10.6. The third kappa shape index (κ3) is 3.03. The SMILES string of the molecule is CCC(CC)(CN)C(=O)Cc1ccnc(N)c1. The summed E-state index contributed by atoms with van der Waals surface area (Å²) in [6, 6.07) is 3.56. The van der Waals surface area contributed by atoms with E-state index in [9.17, 15) is 4.79 Å². The molecular weight excluding hydrogens is 214 g/mol. The molecule has 94 valence electrons. The maximum Gasteiger partial charge on any atom is 0.144 e. The van der Waals surface area contributed by atoms with Gasteiger partial charge in [-0.1, -0.05) is 13.8 Å². The summed E-state index contributed by atoms with van der Waals surface area (Å²) < 4.78 is 0. The fourth-order valence-electron chi connectivity index (χ4n) is 2.02. The summed E-state index contributed by atoms with van der Waals surface area (Å²) in [6.07, 6.45) is 3.56. The van der Waals surface area contributed by atoms with E-state index < -0.39 is 5.41 Å². The lowest BCUT2D eigenvalue weighted by molar-refractivity contribution is -0.128. The Labute approximate surface area is 102 Å². The molecule has 0 unspecified atom stereocenters. The van der Waals surface area contributed by atoms with Gasteiger partial charge >= 0.3 is 0 Å². The maximum absolute atomic E-state index is 12.3. The van der Waals surface area contributed by atoms with E-state index in [-0.39, 0.29) is 5.78 Å². The summed E-state index contributed by atoms with van der Waals surface area (Å²) in [7, 11) is 0. The normalized spacial score (nSPS) is 11.5. The van der Waals surface area contributed by atoms with Crippen LogP contribution in [0.25, 0.3) is 0 Å². The van der Waals surface area contributed by atoms with Crippen LogP contribution in [0.5, 0.6) is 0 Å². The molecular formula is C13H21N3O. The van der Waals surface area contributed by atoms with Crippen LogP contribution in [0.4, 0.5) is 5.82 Å². The molecule has 4 nitrogen and oxygen atoms in total. The minimum Gasteiger partial charge on any atom is -0.384 e. The van der Waals surface area contributed by atoms with Gasteiger partial charge in [-0.15, -0.1) is 0 Å². The highest BCUT2D eigenvalue weighted by Gasteiger charge is 2.32. The van der Waals surface area contributed by atoms with Crippen LogP contribution in [0, 0.1) is 5.41 Å². The van der Waals surface area contributed by atoms with Gasteiger partial charge in [0.05, 0.1) is 0 Å². The third-order valence-corrected chi connectivity index (χ3v) is 3.55. The third-order valence-electron chi connectivity index (χ3n) is 3.55. The van der Waals surface area contributed by atoms with E-state index in [2.05, 4.69) is 4.98 Å². The number of ketones is 1. The minimum absolute atomic E-state index is 0.190. The quantitative estimate of drug-likeness (QED) is 0.783. The van der Waals surface area contributed by atoms with Gasteiger partial charge in [-0.3, -0.25) is 4.79 Å². The number of rotatable bonds is 6. The molecule has 0 fully saturated rings. The molecule has 4 N–H and O–H groups in total. The second-order valence-electron chi connectivity index (χ2n) is 4.38. The standard InChI is InChI=1S/C13H21N3O/c1-3-13(4-2,9-14)11(17)7-10-5-6-16-12(15)8-10/h5-6,8H,3-4,7,9,14H2,1-2H3,(H2,15,16). The molecule has 0 aliphatic heterocycles. The second kappa shape index (κ2) is 5.77. The van der Waals surface area contributed by atoms with Gasteiger partial charge in [0.15, 0.2) is 0 Å². The molecule has 1 aromatic heterocycles. The first-order valence-corrected chi connectivity index (χ1v) is 6.01. The molecule has 0 aromatic carbocycles. The summed E-state index contributed by atoms with van der Waals surface area (Å²) >= 11 is 0. The van der Waals surface area contributed by atoms with Gasteiger partial charge in [-0.05, 0) is 30.5 Å². The Hall–Kier alpha value is -1.42. The summed E-state index contributed by atoms with van der Waals surface area (Å²) in [5, 5.41) is 0. The number of anilines is 1. The number of aromatic nitrogens is 1. The first kappa shape index (κ1) is 13.6. The summed E-state index contributed by atoms with van der Waals surface area (Å²) in [4.78, 5) is 16.2. The van der Waals surface area contributed by atoms with Crippen molar-refractivity contribution in [1.29, 1.82) is 0 Å². The van der Waals surface area contributed by atoms with Crippen LogP contribution in [-0.2, 0) is 11.2 Å². The van der Waals surface area contributed by atoms with Crippen LogP contribution in [-0.4, -0.2) is 17.3 Å². The number of nitrogens with two attached hydrogens (primary N) is 2. The first-order chi connectivity index (χ1) is 8.07. The maximum atomic E-state index is 12.3. The Morgan fingerprint density at radius 3 is 2.53 bits per heavy atom. The molecule has 0 saturated carbocycles. The van der Waals surface area contributed by atoms with E-state index >= 15 is 0 Å². The molecule has 0 bridgehead atoms. The average Bonchev–Trinajstić information content (AvgIpc) is 2.32. The highest BCUT2D eigenvalue weighted by Crippen LogP contribution is 2.27. The van der Waals surface area contributed by atoms with Gasteiger partial charge in [0.2, 0.25) is 0 Å². The molecule has 0 aliphatic carbocycles. The Morgan fingerprint density at radius 2 is 2.06 bits per heavy atom. The van der Waals surface area contributed by atoms with E-state index in [4.69, 9.17) is 11.5 Å². The molecule has 0 spiro atoms. The van der Waals surface area contributed by atoms with Crippen molar-refractivity contribution in [2.24, 2.45) is 11.1 Å². The number of carbonyl (C=O) groups is 1. The van der Waals surface area contributed by atoms with Gasteiger partial charge in [0.1, 0.15) is 11.6 Å². The van der Waals surface area contributed by atoms with E-state index in [1.165, 1.54) is 0 Å². The predicted molar refractivity (Wildman–Crippen MR) is 69.4 cm³/mol. The van der Waals surface area contributed by atoms with Crippen molar-refractivity contribution in [2.45, 2.75) is 33.1 Å². The van der Waals surface area contributed by atoms with Crippen LogP contribution >= 0.6 is 0 Å². The van der Waals surface area contributed by atoms with Crippen molar-refractivity contribution in [3.05, 3.63) is 23.9 Å². The van der Waals surface area contributed by atoms with E-state index in [1.807, 2.05) is 19.9 Å². The Bertz CT molecular complexity index is 378. The van der Waals surface area contributed by atoms with Crippen molar-refractivity contribution in [1.82, 2.24) is 4.98 Å². The van der Waals surface area contributed by atoms with Crippen molar-refractivity contribution in [2.75, 3.05) is 12.3 Å². The Morgan fingerprint density at radius 1 is 1.41 bits per heavy atom. The second-order valence-corrected chi connectivity index (χ2v) is 4.38. The molecule has 1 rings (SSSR count). The number of pyridine rings is 1. The van der Waals surface area contributed by atoms with Crippen molar-refractivity contribution < 1.29 is 4.79 Å². The fourth-order valence-corrected chi connectivity index (χ4v) is 2.02. The van der Waals surface area contributed by atoms with E-state index in [0.717, 1.165) is 18.4 Å². The van der Waals surface area contributed by atoms with Crippen molar-refractivity contribution in [3.63, 3.8) is 0 Å². The lowest BCUT2D eigenvalue weighted by Crippen LogP contribution is -2.38. The highest BCUT2D eigenvalue weighted by molar-refractivity contribution is 5.87. The molecule has 1 aromatic rings. The lowest BCUT2D eigenvalue weighted by Gasteiger charge is -2.28. The van der Waals surface area contributed by atoms with Gasteiger partial charge in [-0.2, -0.15) is 0 Å². The number of carbonyl (C=O) groups excluding carboxylic acids is 1. The number of Topliss-reactive ketones (excluding diaryl/α,β-unsaturated/α-hetero) is 1. The number of hydrogen-bond acceptors (Lipinski definition) is 4. The topological polar surface area (TPSA) is 82.0 Å². The fraction of sp³-hybridized carbons (Fsp3) is 0.538. The Kier molecular flexibility index (Phi) is 4.63. The molecule has 4 heteroatoms. The van der Waals surface area contributed by atoms with Gasteiger partial charge in [0, 0.05) is 24.6 Å². The first-order valence-electron chi connectivity index (χ1n) is 6.01. The predicted octanol–water partition coefficient (Wildman–Crippen LogP) is 1.54. The number of nitrogen functional groups attached to an aromatic ring is 1. The summed E-state index contributed by atoms with van der Waals surface area (Å²) in [5.74, 6) is 0.636. The van der Waals surface area contributed by atoms with Crippen LogP contribution < -0.4 is 11.5 Å². The summed E-state index contributed by atoms with van der Waals surface area (Å²) in [5.41, 5.74) is 11.9. The van der Waals surface area contributed by atoms with Crippen LogP contribution in [0.15, 0.2) is 18.3 Å². The summed E-state index contributed by atoms with van der Waals surface area (Å²) in [6.45, 7) is 4.42. The smallest absolute Gasteiger partial charge is 0.144 e. The molecule has 1 heterocycles. The van der Waals surface area contributed by atoms with E-state index in [0.29, 0.717) is 18.8 Å². The van der Waals surface area contributed by atoms with Crippen LogP contribution in [0.3, 0.4) is 0 Å². The molecule has 0 radical (unpaired) electrons. The highest BCUT2D eigenvalue weighted by atomic mass is 16.1. The Balaban J connectivity index is 2.84. The minimum atomic E-state index is -0.391. The van der Waals surface area contributed by atoms with Crippen molar-refractivity contribution >= 4 is 11.6 Å². The molecule has 0 saturated heterocycles. The van der Waals surface area contributed by atoms with Crippen LogP contribution in [0.2, 0.25) is 0 Å². The van der Waals surface area contributed by atoms with Crippen LogP contribution in [0.1, 0.15) is 32.3 Å². The lowest BCUT2D eigenvalue weighted by atomic mass is 9.76. The number of nitrogens with zero attached hydrogens (tertiary/aromatic N) is 1. The molecule has 0 atom stereocenters. The average molecular weight is 235 g/mol. The van der Waals surface area contributed by atoms with E-state index in [1.54, 1.807) is 12.3 Å². The molecule has 17 heavy (non-hydrogen) atoms. The number of hydrogen-bond donors (Lipinski definition) is 2. The molecule has 0 amide bonds. The van der Waals surface area contributed by atoms with Gasteiger partial charge in [0.25, 0.3) is 0 Å². The monoisotopic (exact) mass is 235 g/mol.